The molecule has 0 saturated carbocycles. The lowest BCUT2D eigenvalue weighted by atomic mass is 10.2. The summed E-state index contributed by atoms with van der Waals surface area (Å²) in [6.07, 6.45) is 1.57. The number of halogens is 2. The van der Waals surface area contributed by atoms with Gasteiger partial charge in [0.25, 0.3) is 0 Å². The molecule has 3 aromatic rings. The van der Waals surface area contributed by atoms with Crippen molar-refractivity contribution in [3.63, 3.8) is 0 Å². The molecule has 0 amide bonds. The van der Waals surface area contributed by atoms with Crippen LogP contribution in [0.2, 0.25) is 10.0 Å². The maximum absolute atomic E-state index is 6.03. The molecule has 0 aliphatic rings. The standard InChI is InChI=1S/C16H14Cl2N4S/c1-22(2)16-13-4-3-5-14(15(13)19-9-20-16)21-23-12-7-10(17)6-11(18)8-12/h3-9,21H,1-2H3. The Bertz CT molecular complexity index is 834. The number of para-hydroxylation sites is 1. The number of nitrogens with one attached hydrogen (secondary N) is 1. The lowest BCUT2D eigenvalue weighted by Crippen LogP contribution is -2.11. The van der Waals surface area contributed by atoms with Crippen molar-refractivity contribution >= 4 is 57.6 Å². The van der Waals surface area contributed by atoms with Crippen LogP contribution in [-0.2, 0) is 0 Å². The van der Waals surface area contributed by atoms with Gasteiger partial charge in [0.2, 0.25) is 0 Å². The summed E-state index contributed by atoms with van der Waals surface area (Å²) in [6.45, 7) is 0. The monoisotopic (exact) mass is 364 g/mol. The Balaban J connectivity index is 1.93. The van der Waals surface area contributed by atoms with E-state index in [1.807, 2.05) is 49.3 Å². The van der Waals surface area contributed by atoms with Gasteiger partial charge in [-0.15, -0.1) is 0 Å². The SMILES string of the molecule is CN(C)c1ncnc2c(NSc3cc(Cl)cc(Cl)c3)cccc12. The molecular formula is C16H14Cl2N4S. The molecule has 1 heterocycles. The van der Waals surface area contributed by atoms with Gasteiger partial charge in [-0.2, -0.15) is 0 Å². The van der Waals surface area contributed by atoms with E-state index in [0.29, 0.717) is 10.0 Å². The van der Waals surface area contributed by atoms with Gasteiger partial charge in [0, 0.05) is 34.4 Å². The van der Waals surface area contributed by atoms with Crippen molar-refractivity contribution in [2.45, 2.75) is 4.90 Å². The molecule has 0 atom stereocenters. The highest BCUT2D eigenvalue weighted by atomic mass is 35.5. The molecule has 0 unspecified atom stereocenters. The second kappa shape index (κ2) is 6.83. The summed E-state index contributed by atoms with van der Waals surface area (Å²) in [6, 6.07) is 11.4. The van der Waals surface area contributed by atoms with Crippen molar-refractivity contribution in [2.75, 3.05) is 23.7 Å². The molecule has 0 bridgehead atoms. The van der Waals surface area contributed by atoms with E-state index in [2.05, 4.69) is 14.7 Å². The topological polar surface area (TPSA) is 41.1 Å². The Morgan fingerprint density at radius 3 is 2.48 bits per heavy atom. The van der Waals surface area contributed by atoms with Crippen LogP contribution < -0.4 is 9.62 Å². The molecule has 1 N–H and O–H groups in total. The van der Waals surface area contributed by atoms with E-state index >= 15 is 0 Å². The predicted octanol–water partition coefficient (Wildman–Crippen LogP) is 5.12. The van der Waals surface area contributed by atoms with Crippen LogP contribution in [0.3, 0.4) is 0 Å². The number of hydrogen-bond donors (Lipinski definition) is 1. The summed E-state index contributed by atoms with van der Waals surface area (Å²) in [5.74, 6) is 0.884. The molecule has 3 rings (SSSR count). The van der Waals surface area contributed by atoms with E-state index < -0.39 is 0 Å². The van der Waals surface area contributed by atoms with Crippen molar-refractivity contribution < 1.29 is 0 Å². The Morgan fingerprint density at radius 2 is 1.78 bits per heavy atom. The second-order valence-electron chi connectivity index (χ2n) is 5.10. The minimum absolute atomic E-state index is 0.608. The molecule has 2 aromatic carbocycles. The first-order valence-electron chi connectivity index (χ1n) is 6.84. The van der Waals surface area contributed by atoms with Crippen LogP contribution in [0.15, 0.2) is 47.6 Å². The minimum Gasteiger partial charge on any atom is -0.362 e. The first-order valence-corrected chi connectivity index (χ1v) is 8.42. The Hall–Kier alpha value is -1.69. The second-order valence-corrected chi connectivity index (χ2v) is 6.86. The highest BCUT2D eigenvalue weighted by Gasteiger charge is 2.09. The van der Waals surface area contributed by atoms with Gasteiger partial charge in [-0.1, -0.05) is 29.3 Å². The zero-order chi connectivity index (χ0) is 16.4. The third-order valence-electron chi connectivity index (χ3n) is 3.18. The maximum atomic E-state index is 6.03. The lowest BCUT2D eigenvalue weighted by Gasteiger charge is -2.15. The molecule has 0 spiro atoms. The average molecular weight is 365 g/mol. The number of fused-ring (bicyclic) bond motifs is 1. The highest BCUT2D eigenvalue weighted by molar-refractivity contribution is 8.00. The van der Waals surface area contributed by atoms with Gasteiger partial charge >= 0.3 is 0 Å². The fourth-order valence-electron chi connectivity index (χ4n) is 2.21. The summed E-state index contributed by atoms with van der Waals surface area (Å²) in [5.41, 5.74) is 1.78. The molecular weight excluding hydrogens is 351 g/mol. The van der Waals surface area contributed by atoms with E-state index in [-0.39, 0.29) is 0 Å². The van der Waals surface area contributed by atoms with Crippen molar-refractivity contribution in [2.24, 2.45) is 0 Å². The van der Waals surface area contributed by atoms with Crippen LogP contribution in [0.4, 0.5) is 11.5 Å². The highest BCUT2D eigenvalue weighted by Crippen LogP contribution is 2.32. The number of anilines is 2. The molecule has 1 aromatic heterocycles. The number of benzene rings is 2. The fourth-order valence-corrected chi connectivity index (χ4v) is 3.63. The van der Waals surface area contributed by atoms with E-state index in [0.717, 1.165) is 27.3 Å². The summed E-state index contributed by atoms with van der Waals surface area (Å²) >= 11 is 13.5. The summed E-state index contributed by atoms with van der Waals surface area (Å²) in [5, 5.41) is 2.21. The molecule has 0 aliphatic carbocycles. The van der Waals surface area contributed by atoms with Crippen molar-refractivity contribution in [1.29, 1.82) is 0 Å². The molecule has 0 aliphatic heterocycles. The van der Waals surface area contributed by atoms with Gasteiger partial charge in [-0.3, -0.25) is 0 Å². The smallest absolute Gasteiger partial charge is 0.139 e. The van der Waals surface area contributed by atoms with E-state index in [1.165, 1.54) is 11.9 Å². The van der Waals surface area contributed by atoms with Crippen LogP contribution >= 0.6 is 35.1 Å². The van der Waals surface area contributed by atoms with Crippen molar-refractivity contribution in [1.82, 2.24) is 9.97 Å². The molecule has 4 nitrogen and oxygen atoms in total. The summed E-state index contributed by atoms with van der Waals surface area (Å²) < 4.78 is 3.32. The summed E-state index contributed by atoms with van der Waals surface area (Å²) in [4.78, 5) is 11.6. The normalized spacial score (nSPS) is 10.8. The van der Waals surface area contributed by atoms with Gasteiger partial charge in [-0.25, -0.2) is 9.97 Å². The first kappa shape index (κ1) is 16.2. The minimum atomic E-state index is 0.608. The molecule has 0 saturated heterocycles. The number of rotatable bonds is 4. The summed E-state index contributed by atoms with van der Waals surface area (Å²) in [7, 11) is 3.93. The van der Waals surface area contributed by atoms with Crippen LogP contribution in [0.1, 0.15) is 0 Å². The van der Waals surface area contributed by atoms with Gasteiger partial charge in [-0.05, 0) is 42.3 Å². The number of hydrogen-bond acceptors (Lipinski definition) is 5. The van der Waals surface area contributed by atoms with Gasteiger partial charge in [0.05, 0.1) is 11.2 Å². The molecule has 23 heavy (non-hydrogen) atoms. The van der Waals surface area contributed by atoms with Crippen molar-refractivity contribution in [3.8, 4) is 0 Å². The zero-order valence-corrected chi connectivity index (χ0v) is 14.9. The third kappa shape index (κ3) is 3.63. The van der Waals surface area contributed by atoms with E-state index in [9.17, 15) is 0 Å². The zero-order valence-electron chi connectivity index (χ0n) is 12.5. The van der Waals surface area contributed by atoms with E-state index in [1.54, 1.807) is 12.4 Å². The third-order valence-corrected chi connectivity index (χ3v) is 4.41. The maximum Gasteiger partial charge on any atom is 0.139 e. The Kier molecular flexibility index (Phi) is 4.80. The lowest BCUT2D eigenvalue weighted by molar-refractivity contribution is 1.06. The Morgan fingerprint density at radius 1 is 1.04 bits per heavy atom. The van der Waals surface area contributed by atoms with E-state index in [4.69, 9.17) is 23.2 Å². The largest absolute Gasteiger partial charge is 0.362 e. The Labute approximate surface area is 149 Å². The quantitative estimate of drug-likeness (QED) is 0.650. The van der Waals surface area contributed by atoms with Crippen LogP contribution in [-0.4, -0.2) is 24.1 Å². The number of aromatic nitrogens is 2. The van der Waals surface area contributed by atoms with Gasteiger partial charge in [0.1, 0.15) is 12.1 Å². The van der Waals surface area contributed by atoms with Gasteiger partial charge in [0.15, 0.2) is 0 Å². The molecule has 0 fully saturated rings. The van der Waals surface area contributed by atoms with Crippen molar-refractivity contribution in [3.05, 3.63) is 52.8 Å². The molecule has 7 heteroatoms. The average Bonchev–Trinajstić information content (AvgIpc) is 2.51. The predicted molar refractivity (Wildman–Crippen MR) is 99.8 cm³/mol. The number of nitrogens with zero attached hydrogens (tertiary/aromatic N) is 3. The van der Waals surface area contributed by atoms with Gasteiger partial charge < -0.3 is 9.62 Å². The fraction of sp³-hybridized carbons (Fsp3) is 0.125. The van der Waals surface area contributed by atoms with Crippen LogP contribution in [0.25, 0.3) is 10.9 Å². The molecule has 0 radical (unpaired) electrons. The van der Waals surface area contributed by atoms with Crippen LogP contribution in [0.5, 0.6) is 0 Å². The first-order chi connectivity index (χ1) is 11.0. The molecule has 118 valence electrons. The van der Waals surface area contributed by atoms with Crippen LogP contribution in [0, 0.1) is 0 Å².